The standard InChI is InChI=1S/C10H10IO2/c11-9-5-3-8(4-6-9)10(13)2-1-7-12/h3-6H,1-2,7H2. The molecule has 0 bridgehead atoms. The van der Waals surface area contributed by atoms with E-state index >= 15 is 0 Å². The molecule has 0 aliphatic heterocycles. The maximum absolute atomic E-state index is 11.4. The maximum Gasteiger partial charge on any atom is 0.162 e. The van der Waals surface area contributed by atoms with E-state index in [0.717, 1.165) is 3.57 Å². The lowest BCUT2D eigenvalue weighted by atomic mass is 10.1. The average Bonchev–Trinajstić information content (AvgIpc) is 2.15. The highest BCUT2D eigenvalue weighted by molar-refractivity contribution is 14.1. The molecule has 0 fully saturated rings. The minimum Gasteiger partial charge on any atom is -0.294 e. The van der Waals surface area contributed by atoms with Gasteiger partial charge in [0.1, 0.15) is 0 Å². The molecule has 2 nitrogen and oxygen atoms in total. The van der Waals surface area contributed by atoms with Gasteiger partial charge >= 0.3 is 0 Å². The van der Waals surface area contributed by atoms with Gasteiger partial charge in [-0.3, -0.25) is 4.79 Å². The van der Waals surface area contributed by atoms with Crippen LogP contribution in [0.3, 0.4) is 0 Å². The van der Waals surface area contributed by atoms with Crippen LogP contribution in [0, 0.1) is 3.57 Å². The number of rotatable bonds is 4. The molecule has 0 saturated carbocycles. The summed E-state index contributed by atoms with van der Waals surface area (Å²) in [7, 11) is 0. The number of hydrogen-bond donors (Lipinski definition) is 0. The molecule has 0 atom stereocenters. The topological polar surface area (TPSA) is 37.0 Å². The SMILES string of the molecule is [O]CCCC(=O)c1ccc(I)cc1. The zero-order valence-corrected chi connectivity index (χ0v) is 9.28. The van der Waals surface area contributed by atoms with Gasteiger partial charge in [0.15, 0.2) is 5.78 Å². The fourth-order valence-electron chi connectivity index (χ4n) is 1.01. The van der Waals surface area contributed by atoms with Crippen LogP contribution >= 0.6 is 22.6 Å². The van der Waals surface area contributed by atoms with Crippen molar-refractivity contribution in [3.63, 3.8) is 0 Å². The van der Waals surface area contributed by atoms with Crippen LogP contribution in [-0.4, -0.2) is 12.4 Å². The third-order valence-corrected chi connectivity index (χ3v) is 2.43. The van der Waals surface area contributed by atoms with Crippen molar-refractivity contribution in [3.8, 4) is 0 Å². The van der Waals surface area contributed by atoms with Gasteiger partial charge in [-0.1, -0.05) is 12.1 Å². The Labute approximate surface area is 91.1 Å². The summed E-state index contributed by atoms with van der Waals surface area (Å²) in [5, 5.41) is 10.2. The Hall–Kier alpha value is -0.420. The molecular formula is C10H10IO2. The molecule has 0 amide bonds. The molecule has 1 aromatic rings. The Bertz CT molecular complexity index is 279. The zero-order chi connectivity index (χ0) is 9.68. The molecule has 0 aromatic heterocycles. The molecule has 69 valence electrons. The second-order valence-corrected chi connectivity index (χ2v) is 3.98. The number of carbonyl (C=O) groups excluding carboxylic acids is 1. The van der Waals surface area contributed by atoms with Crippen molar-refractivity contribution in [2.45, 2.75) is 12.8 Å². The molecule has 0 aliphatic carbocycles. The number of ketones is 1. The lowest BCUT2D eigenvalue weighted by Crippen LogP contribution is -1.99. The lowest BCUT2D eigenvalue weighted by Gasteiger charge is -1.98. The van der Waals surface area contributed by atoms with Crippen LogP contribution in [0.2, 0.25) is 0 Å². The number of Topliss-reactive ketones (excluding diaryl/α,β-unsaturated/α-hetero) is 1. The second-order valence-electron chi connectivity index (χ2n) is 2.74. The van der Waals surface area contributed by atoms with Crippen molar-refractivity contribution in [2.75, 3.05) is 6.61 Å². The molecule has 1 aromatic carbocycles. The second kappa shape index (κ2) is 5.34. The van der Waals surface area contributed by atoms with E-state index in [2.05, 4.69) is 22.6 Å². The molecule has 0 heterocycles. The van der Waals surface area contributed by atoms with Crippen LogP contribution in [-0.2, 0) is 5.11 Å². The van der Waals surface area contributed by atoms with Crippen molar-refractivity contribution < 1.29 is 9.90 Å². The van der Waals surface area contributed by atoms with Crippen molar-refractivity contribution in [1.29, 1.82) is 0 Å². The van der Waals surface area contributed by atoms with Crippen LogP contribution < -0.4 is 0 Å². The number of benzene rings is 1. The first kappa shape index (κ1) is 10.7. The molecule has 1 rings (SSSR count). The average molecular weight is 289 g/mol. The van der Waals surface area contributed by atoms with E-state index < -0.39 is 0 Å². The van der Waals surface area contributed by atoms with Crippen molar-refractivity contribution in [2.24, 2.45) is 0 Å². The third kappa shape index (κ3) is 3.44. The number of carbonyl (C=O) groups is 1. The van der Waals surface area contributed by atoms with Crippen LogP contribution in [0.1, 0.15) is 23.2 Å². The molecule has 1 radical (unpaired) electrons. The molecule has 0 spiro atoms. The smallest absolute Gasteiger partial charge is 0.162 e. The monoisotopic (exact) mass is 289 g/mol. The normalized spacial score (nSPS) is 10.0. The van der Waals surface area contributed by atoms with Crippen molar-refractivity contribution in [1.82, 2.24) is 0 Å². The minimum absolute atomic E-state index is 0.0623. The van der Waals surface area contributed by atoms with Gasteiger partial charge in [-0.15, -0.1) is 0 Å². The van der Waals surface area contributed by atoms with Crippen LogP contribution in [0.5, 0.6) is 0 Å². The molecule has 0 unspecified atom stereocenters. The maximum atomic E-state index is 11.4. The van der Waals surface area contributed by atoms with Gasteiger partial charge in [0, 0.05) is 15.6 Å². The molecule has 0 N–H and O–H groups in total. The first-order valence-electron chi connectivity index (χ1n) is 4.11. The van der Waals surface area contributed by atoms with Gasteiger partial charge in [-0.2, -0.15) is 0 Å². The number of halogens is 1. The Morgan fingerprint density at radius 1 is 1.23 bits per heavy atom. The highest BCUT2D eigenvalue weighted by Crippen LogP contribution is 2.09. The highest BCUT2D eigenvalue weighted by Gasteiger charge is 2.04. The van der Waals surface area contributed by atoms with Gasteiger partial charge in [0.25, 0.3) is 0 Å². The summed E-state index contributed by atoms with van der Waals surface area (Å²) >= 11 is 2.19. The summed E-state index contributed by atoms with van der Waals surface area (Å²) in [6.45, 7) is -0.171. The summed E-state index contributed by atoms with van der Waals surface area (Å²) in [5.41, 5.74) is 0.703. The minimum atomic E-state index is -0.171. The highest BCUT2D eigenvalue weighted by atomic mass is 127. The van der Waals surface area contributed by atoms with Gasteiger partial charge in [0.2, 0.25) is 0 Å². The molecule has 0 saturated heterocycles. The van der Waals surface area contributed by atoms with Gasteiger partial charge in [-0.05, 0) is 41.1 Å². The summed E-state index contributed by atoms with van der Waals surface area (Å²) < 4.78 is 1.11. The van der Waals surface area contributed by atoms with E-state index in [1.807, 2.05) is 12.1 Å². The van der Waals surface area contributed by atoms with Crippen LogP contribution in [0.15, 0.2) is 24.3 Å². The van der Waals surface area contributed by atoms with E-state index in [4.69, 9.17) is 0 Å². The predicted octanol–water partition coefficient (Wildman–Crippen LogP) is 2.68. The summed E-state index contributed by atoms with van der Waals surface area (Å²) in [6.07, 6.45) is 0.801. The first-order valence-corrected chi connectivity index (χ1v) is 5.19. The Morgan fingerprint density at radius 2 is 1.85 bits per heavy atom. The van der Waals surface area contributed by atoms with Gasteiger partial charge in [-0.25, -0.2) is 5.11 Å². The number of hydrogen-bond acceptors (Lipinski definition) is 1. The van der Waals surface area contributed by atoms with E-state index in [9.17, 15) is 9.90 Å². The van der Waals surface area contributed by atoms with Crippen molar-refractivity contribution >= 4 is 28.4 Å². The summed E-state index contributed by atoms with van der Waals surface area (Å²) in [4.78, 5) is 11.4. The lowest BCUT2D eigenvalue weighted by molar-refractivity contribution is 0.0959. The predicted molar refractivity (Wildman–Crippen MR) is 58.3 cm³/mol. The molecule has 13 heavy (non-hydrogen) atoms. The Morgan fingerprint density at radius 3 is 2.38 bits per heavy atom. The quantitative estimate of drug-likeness (QED) is 0.620. The van der Waals surface area contributed by atoms with Crippen LogP contribution in [0.4, 0.5) is 0 Å². The van der Waals surface area contributed by atoms with E-state index in [1.165, 1.54) is 0 Å². The van der Waals surface area contributed by atoms with E-state index in [1.54, 1.807) is 12.1 Å². The van der Waals surface area contributed by atoms with Crippen LogP contribution in [0.25, 0.3) is 0 Å². The third-order valence-electron chi connectivity index (χ3n) is 1.71. The first-order chi connectivity index (χ1) is 6.24. The fraction of sp³-hybridized carbons (Fsp3) is 0.300. The van der Waals surface area contributed by atoms with Gasteiger partial charge < -0.3 is 0 Å². The largest absolute Gasteiger partial charge is 0.294 e. The van der Waals surface area contributed by atoms with Crippen molar-refractivity contribution in [3.05, 3.63) is 33.4 Å². The Kier molecular flexibility index (Phi) is 4.38. The van der Waals surface area contributed by atoms with E-state index in [-0.39, 0.29) is 12.4 Å². The molecule has 0 aliphatic rings. The fourth-order valence-corrected chi connectivity index (χ4v) is 1.37. The van der Waals surface area contributed by atoms with E-state index in [0.29, 0.717) is 18.4 Å². The van der Waals surface area contributed by atoms with Gasteiger partial charge in [0.05, 0.1) is 6.61 Å². The summed E-state index contributed by atoms with van der Waals surface area (Å²) in [6, 6.07) is 7.39. The molecule has 3 heteroatoms. The molecular weight excluding hydrogens is 279 g/mol. The summed E-state index contributed by atoms with van der Waals surface area (Å²) in [5.74, 6) is 0.0623. The Balaban J connectivity index is 2.61. The zero-order valence-electron chi connectivity index (χ0n) is 7.13.